The van der Waals surface area contributed by atoms with E-state index in [1.807, 2.05) is 6.07 Å². The normalized spacial score (nSPS) is 13.4. The van der Waals surface area contributed by atoms with Gasteiger partial charge in [0.25, 0.3) is 0 Å². The van der Waals surface area contributed by atoms with E-state index >= 15 is 0 Å². The summed E-state index contributed by atoms with van der Waals surface area (Å²) in [6.45, 7) is -2.93. The summed E-state index contributed by atoms with van der Waals surface area (Å²) in [5.74, 6) is -0.363. The van der Waals surface area contributed by atoms with E-state index in [-0.39, 0.29) is 17.1 Å². The molecule has 0 aromatic heterocycles. The maximum Gasteiger partial charge on any atom is 0.387 e. The highest BCUT2D eigenvalue weighted by atomic mass is 79.9. The number of benzene rings is 1. The molecule has 0 spiro atoms. The number of halogens is 3. The van der Waals surface area contributed by atoms with Gasteiger partial charge >= 0.3 is 6.61 Å². The Morgan fingerprint density at radius 1 is 1.48 bits per heavy atom. The van der Waals surface area contributed by atoms with Crippen LogP contribution in [-0.2, 0) is 11.2 Å². The first-order valence-electron chi connectivity index (χ1n) is 6.62. The Morgan fingerprint density at radius 2 is 2.17 bits per heavy atom. The van der Waals surface area contributed by atoms with Gasteiger partial charge in [0.2, 0.25) is 5.78 Å². The third-order valence-electron chi connectivity index (χ3n) is 3.16. The molecule has 0 bridgehead atoms. The summed E-state index contributed by atoms with van der Waals surface area (Å²) in [7, 11) is 3.43. The summed E-state index contributed by atoms with van der Waals surface area (Å²) in [5.41, 5.74) is 1.91. The molecule has 7 heteroatoms. The fourth-order valence-corrected chi connectivity index (χ4v) is 2.73. The lowest BCUT2D eigenvalue weighted by atomic mass is 10.0. The SMILES string of the molecule is CN(C)C=C(C#N)C(=O)C1=Cc2cc(OC(F)F)c(Br)cc2C1. The highest BCUT2D eigenvalue weighted by Gasteiger charge is 2.23. The van der Waals surface area contributed by atoms with Crippen LogP contribution in [-0.4, -0.2) is 31.4 Å². The predicted octanol–water partition coefficient (Wildman–Crippen LogP) is 3.53. The van der Waals surface area contributed by atoms with Gasteiger partial charge in [0.1, 0.15) is 17.4 Å². The molecule has 0 heterocycles. The smallest absolute Gasteiger partial charge is 0.387 e. The quantitative estimate of drug-likeness (QED) is 0.577. The number of hydrogen-bond donors (Lipinski definition) is 0. The summed E-state index contributed by atoms with van der Waals surface area (Å²) in [6, 6.07) is 4.98. The van der Waals surface area contributed by atoms with Crippen LogP contribution in [0.3, 0.4) is 0 Å². The second-order valence-corrected chi connectivity index (χ2v) is 6.01. The van der Waals surface area contributed by atoms with E-state index in [2.05, 4.69) is 20.7 Å². The Labute approximate surface area is 140 Å². The van der Waals surface area contributed by atoms with E-state index < -0.39 is 6.61 Å². The monoisotopic (exact) mass is 382 g/mol. The summed E-state index contributed by atoms with van der Waals surface area (Å²) in [6.07, 6.45) is 3.39. The number of rotatable bonds is 5. The predicted molar refractivity (Wildman–Crippen MR) is 84.8 cm³/mol. The van der Waals surface area contributed by atoms with E-state index in [1.54, 1.807) is 31.1 Å². The fraction of sp³-hybridized carbons (Fsp3) is 0.250. The molecule has 23 heavy (non-hydrogen) atoms. The Bertz CT molecular complexity index is 749. The van der Waals surface area contributed by atoms with Crippen LogP contribution in [0, 0.1) is 11.3 Å². The third-order valence-corrected chi connectivity index (χ3v) is 3.78. The number of ether oxygens (including phenoxy) is 1. The van der Waals surface area contributed by atoms with Crippen LogP contribution in [0.25, 0.3) is 6.08 Å². The van der Waals surface area contributed by atoms with Gasteiger partial charge in [-0.3, -0.25) is 4.79 Å². The molecule has 1 aromatic rings. The number of hydrogen-bond acceptors (Lipinski definition) is 4. The van der Waals surface area contributed by atoms with E-state index in [1.165, 1.54) is 12.3 Å². The van der Waals surface area contributed by atoms with Crippen molar-refractivity contribution in [2.24, 2.45) is 0 Å². The zero-order chi connectivity index (χ0) is 17.1. The second kappa shape index (κ2) is 6.92. The van der Waals surface area contributed by atoms with Crippen LogP contribution >= 0.6 is 15.9 Å². The topological polar surface area (TPSA) is 53.3 Å². The molecule has 1 aromatic carbocycles. The Balaban J connectivity index is 2.31. The van der Waals surface area contributed by atoms with Crippen LogP contribution in [0.2, 0.25) is 0 Å². The zero-order valence-electron chi connectivity index (χ0n) is 12.4. The molecule has 4 nitrogen and oxygen atoms in total. The van der Waals surface area contributed by atoms with Crippen LogP contribution in [0.1, 0.15) is 11.1 Å². The van der Waals surface area contributed by atoms with Crippen molar-refractivity contribution in [2.45, 2.75) is 13.0 Å². The van der Waals surface area contributed by atoms with Gasteiger partial charge in [-0.15, -0.1) is 0 Å². The largest absolute Gasteiger partial charge is 0.434 e. The number of allylic oxidation sites excluding steroid dienone is 2. The summed E-state index contributed by atoms with van der Waals surface area (Å²) in [5, 5.41) is 9.11. The number of fused-ring (bicyclic) bond motifs is 1. The van der Waals surface area contributed by atoms with Gasteiger partial charge in [-0.25, -0.2) is 0 Å². The molecule has 0 radical (unpaired) electrons. The average Bonchev–Trinajstić information content (AvgIpc) is 2.86. The van der Waals surface area contributed by atoms with Crippen LogP contribution in [0.5, 0.6) is 5.75 Å². The Morgan fingerprint density at radius 3 is 2.74 bits per heavy atom. The standard InChI is InChI=1S/C16H13BrF2N2O2/c1-21(2)8-12(7-20)15(22)11-3-9-5-13(17)14(23-16(18)19)6-10(9)4-11/h4-6,8,16H,3H2,1-2H3. The molecular formula is C16H13BrF2N2O2. The van der Waals surface area contributed by atoms with Gasteiger partial charge in [-0.05, 0) is 45.3 Å². The first-order valence-corrected chi connectivity index (χ1v) is 7.42. The van der Waals surface area contributed by atoms with Crippen LogP contribution in [0.4, 0.5) is 8.78 Å². The van der Waals surface area contributed by atoms with Crippen molar-refractivity contribution in [2.75, 3.05) is 14.1 Å². The lowest BCUT2D eigenvalue weighted by molar-refractivity contribution is -0.111. The van der Waals surface area contributed by atoms with E-state index in [0.717, 1.165) is 5.56 Å². The molecule has 0 saturated heterocycles. The second-order valence-electron chi connectivity index (χ2n) is 5.15. The number of ketones is 1. The van der Waals surface area contributed by atoms with Crippen molar-refractivity contribution < 1.29 is 18.3 Å². The Hall–Kier alpha value is -2.20. The zero-order valence-corrected chi connectivity index (χ0v) is 14.0. The molecule has 0 amide bonds. The number of alkyl halides is 2. The van der Waals surface area contributed by atoms with Gasteiger partial charge < -0.3 is 9.64 Å². The summed E-state index contributed by atoms with van der Waals surface area (Å²) in [4.78, 5) is 14.0. The average molecular weight is 383 g/mol. The minimum absolute atomic E-state index is 0.00744. The molecule has 0 saturated carbocycles. The highest BCUT2D eigenvalue weighted by Crippen LogP contribution is 2.36. The molecule has 0 unspecified atom stereocenters. The summed E-state index contributed by atoms with van der Waals surface area (Å²) < 4.78 is 29.6. The molecule has 1 aliphatic carbocycles. The highest BCUT2D eigenvalue weighted by molar-refractivity contribution is 9.10. The maximum absolute atomic E-state index is 12.4. The molecule has 0 aliphatic heterocycles. The lowest BCUT2D eigenvalue weighted by Gasteiger charge is -2.09. The van der Waals surface area contributed by atoms with Crippen molar-refractivity contribution >= 4 is 27.8 Å². The molecule has 1 aliphatic rings. The van der Waals surface area contributed by atoms with E-state index in [4.69, 9.17) is 5.26 Å². The van der Waals surface area contributed by atoms with Crippen molar-refractivity contribution in [3.63, 3.8) is 0 Å². The van der Waals surface area contributed by atoms with Gasteiger partial charge in [0.05, 0.1) is 4.47 Å². The fourth-order valence-electron chi connectivity index (χ4n) is 2.24. The molecule has 0 atom stereocenters. The van der Waals surface area contributed by atoms with Gasteiger partial charge in [0, 0.05) is 32.3 Å². The number of carbonyl (C=O) groups is 1. The molecular weight excluding hydrogens is 370 g/mol. The molecule has 0 fully saturated rings. The molecule has 120 valence electrons. The van der Waals surface area contributed by atoms with Crippen LogP contribution in [0.15, 0.2) is 34.0 Å². The number of Topliss-reactive ketones (excluding diaryl/α,β-unsaturated/α-hetero) is 1. The third kappa shape index (κ3) is 3.96. The van der Waals surface area contributed by atoms with E-state index in [0.29, 0.717) is 22.0 Å². The number of carbonyl (C=O) groups excluding carboxylic acids is 1. The Kier molecular flexibility index (Phi) is 5.16. The van der Waals surface area contributed by atoms with E-state index in [9.17, 15) is 13.6 Å². The minimum Gasteiger partial charge on any atom is -0.434 e. The maximum atomic E-state index is 12.4. The van der Waals surface area contributed by atoms with Crippen LogP contribution < -0.4 is 4.74 Å². The van der Waals surface area contributed by atoms with Crippen molar-refractivity contribution in [3.05, 3.63) is 45.1 Å². The molecule has 2 rings (SSSR count). The van der Waals surface area contributed by atoms with Crippen molar-refractivity contribution in [3.8, 4) is 11.8 Å². The minimum atomic E-state index is -2.93. The first kappa shape index (κ1) is 17.2. The molecule has 0 N–H and O–H groups in total. The summed E-state index contributed by atoms with van der Waals surface area (Å²) >= 11 is 3.17. The van der Waals surface area contributed by atoms with Crippen molar-refractivity contribution in [1.82, 2.24) is 4.90 Å². The van der Waals surface area contributed by atoms with Gasteiger partial charge in [0.15, 0.2) is 0 Å². The lowest BCUT2D eigenvalue weighted by Crippen LogP contribution is -2.10. The number of nitriles is 1. The first-order chi connectivity index (χ1) is 10.8. The van der Waals surface area contributed by atoms with Gasteiger partial charge in [-0.1, -0.05) is 0 Å². The number of nitrogens with zero attached hydrogens (tertiary/aromatic N) is 2. The van der Waals surface area contributed by atoms with Crippen molar-refractivity contribution in [1.29, 1.82) is 5.26 Å². The van der Waals surface area contributed by atoms with Gasteiger partial charge in [-0.2, -0.15) is 14.0 Å².